The first kappa shape index (κ1) is 11.7. The molecule has 78 valence electrons. The Morgan fingerprint density at radius 2 is 1.93 bits per heavy atom. The zero-order chi connectivity index (χ0) is 10.4. The van der Waals surface area contributed by atoms with Crippen molar-refractivity contribution in [2.45, 2.75) is 32.8 Å². The summed E-state index contributed by atoms with van der Waals surface area (Å²) in [6, 6.07) is 8.68. The van der Waals surface area contributed by atoms with Crippen LogP contribution in [0.15, 0.2) is 24.3 Å². The van der Waals surface area contributed by atoms with Crippen LogP contribution in [-0.4, -0.2) is 5.52 Å². The van der Waals surface area contributed by atoms with Gasteiger partial charge >= 0.3 is 0 Å². The van der Waals surface area contributed by atoms with E-state index >= 15 is 0 Å². The molecule has 0 aliphatic carbocycles. The first-order valence-corrected chi connectivity index (χ1v) is 6.12. The van der Waals surface area contributed by atoms with Crippen molar-refractivity contribution >= 4 is 15.9 Å². The maximum Gasteiger partial charge on any atom is 0.102 e. The van der Waals surface area contributed by atoms with Gasteiger partial charge in [-0.1, -0.05) is 54.0 Å². The van der Waals surface area contributed by atoms with Crippen molar-refractivity contribution in [1.29, 1.82) is 0 Å². The van der Waals surface area contributed by atoms with Crippen LogP contribution in [-0.2, 0) is 11.3 Å². The number of alkyl halides is 1. The number of hydrogen-bond acceptors (Lipinski definition) is 1. The second-order valence-electron chi connectivity index (χ2n) is 3.51. The number of halogens is 1. The third kappa shape index (κ3) is 3.43. The van der Waals surface area contributed by atoms with E-state index in [1.807, 2.05) is 0 Å². The quantitative estimate of drug-likeness (QED) is 0.722. The van der Waals surface area contributed by atoms with Crippen molar-refractivity contribution in [2.24, 2.45) is 0 Å². The number of hydrogen-bond donors (Lipinski definition) is 0. The molecule has 1 unspecified atom stereocenters. The molecule has 2 heteroatoms. The lowest BCUT2D eigenvalue weighted by Crippen LogP contribution is -1.93. The number of benzene rings is 1. The lowest BCUT2D eigenvalue weighted by molar-refractivity contribution is 0.172. The first-order valence-electron chi connectivity index (χ1n) is 5.00. The summed E-state index contributed by atoms with van der Waals surface area (Å²) >= 11 is 3.23. The zero-order valence-corrected chi connectivity index (χ0v) is 10.4. The van der Waals surface area contributed by atoms with Crippen LogP contribution in [0.4, 0.5) is 0 Å². The van der Waals surface area contributed by atoms with E-state index in [1.165, 1.54) is 17.5 Å². The summed E-state index contributed by atoms with van der Waals surface area (Å²) in [6.45, 7) is 5.16. The van der Waals surface area contributed by atoms with E-state index in [1.54, 1.807) is 0 Å². The molecule has 0 aliphatic heterocycles. The summed E-state index contributed by atoms with van der Waals surface area (Å²) < 4.78 is 5.26. The molecule has 1 atom stereocenters. The Morgan fingerprint density at radius 1 is 1.29 bits per heavy atom. The molecule has 0 saturated carbocycles. The molecule has 0 radical (unpaired) electrons. The van der Waals surface area contributed by atoms with Gasteiger partial charge in [0.05, 0.1) is 6.61 Å². The fourth-order valence-corrected chi connectivity index (χ4v) is 1.50. The SMILES string of the molecule is CCC(C)c1ccc(COCBr)cc1. The summed E-state index contributed by atoms with van der Waals surface area (Å²) in [4.78, 5) is 0. The minimum atomic E-state index is 0.597. The Labute approximate surface area is 94.6 Å². The molecular weight excluding hydrogens is 240 g/mol. The summed E-state index contributed by atoms with van der Waals surface area (Å²) in [5, 5.41) is 0. The van der Waals surface area contributed by atoms with Crippen LogP contribution in [0.3, 0.4) is 0 Å². The summed E-state index contributed by atoms with van der Waals surface area (Å²) in [5.41, 5.74) is 3.24. The van der Waals surface area contributed by atoms with Crippen LogP contribution in [0.25, 0.3) is 0 Å². The third-order valence-electron chi connectivity index (χ3n) is 2.51. The highest BCUT2D eigenvalue weighted by molar-refractivity contribution is 9.09. The minimum absolute atomic E-state index is 0.597. The average Bonchev–Trinajstić information content (AvgIpc) is 2.26. The predicted molar refractivity (Wildman–Crippen MR) is 63.7 cm³/mol. The van der Waals surface area contributed by atoms with Crippen molar-refractivity contribution in [2.75, 3.05) is 5.52 Å². The van der Waals surface area contributed by atoms with Gasteiger partial charge in [-0.05, 0) is 23.5 Å². The topological polar surface area (TPSA) is 9.23 Å². The largest absolute Gasteiger partial charge is 0.366 e. The van der Waals surface area contributed by atoms with Crippen molar-refractivity contribution in [3.63, 3.8) is 0 Å². The molecule has 0 N–H and O–H groups in total. The molecule has 0 saturated heterocycles. The van der Waals surface area contributed by atoms with Gasteiger partial charge in [0.2, 0.25) is 0 Å². The molecule has 0 aromatic heterocycles. The highest BCUT2D eigenvalue weighted by Crippen LogP contribution is 2.18. The summed E-state index contributed by atoms with van der Waals surface area (Å²) in [6.07, 6.45) is 1.19. The van der Waals surface area contributed by atoms with Crippen molar-refractivity contribution in [3.05, 3.63) is 35.4 Å². The van der Waals surface area contributed by atoms with E-state index < -0.39 is 0 Å². The fraction of sp³-hybridized carbons (Fsp3) is 0.500. The van der Waals surface area contributed by atoms with E-state index in [-0.39, 0.29) is 0 Å². The third-order valence-corrected chi connectivity index (χ3v) is 2.83. The van der Waals surface area contributed by atoms with Gasteiger partial charge in [0.15, 0.2) is 0 Å². The van der Waals surface area contributed by atoms with Crippen LogP contribution in [0.2, 0.25) is 0 Å². The van der Waals surface area contributed by atoms with E-state index in [0.29, 0.717) is 18.0 Å². The highest BCUT2D eigenvalue weighted by Gasteiger charge is 2.01. The van der Waals surface area contributed by atoms with Gasteiger partial charge in [-0.25, -0.2) is 0 Å². The van der Waals surface area contributed by atoms with Crippen LogP contribution >= 0.6 is 15.9 Å². The van der Waals surface area contributed by atoms with Crippen molar-refractivity contribution in [1.82, 2.24) is 0 Å². The van der Waals surface area contributed by atoms with Gasteiger partial charge in [-0.15, -0.1) is 0 Å². The lowest BCUT2D eigenvalue weighted by Gasteiger charge is -2.09. The maximum absolute atomic E-state index is 5.26. The average molecular weight is 257 g/mol. The van der Waals surface area contributed by atoms with Crippen LogP contribution in [0, 0.1) is 0 Å². The lowest BCUT2D eigenvalue weighted by atomic mass is 9.98. The molecule has 1 rings (SSSR count). The summed E-state index contributed by atoms with van der Waals surface area (Å²) in [7, 11) is 0. The van der Waals surface area contributed by atoms with Gasteiger partial charge in [0.1, 0.15) is 5.52 Å². The monoisotopic (exact) mass is 256 g/mol. The Morgan fingerprint density at radius 3 is 2.43 bits per heavy atom. The van der Waals surface area contributed by atoms with Gasteiger partial charge in [0, 0.05) is 0 Å². The molecule has 0 spiro atoms. The van der Waals surface area contributed by atoms with E-state index in [0.717, 1.165) is 0 Å². The maximum atomic E-state index is 5.26. The highest BCUT2D eigenvalue weighted by atomic mass is 79.9. The van der Waals surface area contributed by atoms with Crippen LogP contribution < -0.4 is 0 Å². The molecule has 14 heavy (non-hydrogen) atoms. The number of ether oxygens (including phenoxy) is 1. The molecule has 1 aromatic rings. The number of rotatable bonds is 5. The molecule has 0 aliphatic rings. The second kappa shape index (κ2) is 6.20. The van der Waals surface area contributed by atoms with Gasteiger partial charge < -0.3 is 4.74 Å². The van der Waals surface area contributed by atoms with E-state index in [2.05, 4.69) is 54.0 Å². The van der Waals surface area contributed by atoms with Crippen LogP contribution in [0.1, 0.15) is 37.3 Å². The molecule has 0 amide bonds. The normalized spacial score (nSPS) is 12.8. The van der Waals surface area contributed by atoms with Gasteiger partial charge in [-0.2, -0.15) is 0 Å². The molecule has 1 aromatic carbocycles. The Hall–Kier alpha value is -0.340. The molecular formula is C12H17BrO. The van der Waals surface area contributed by atoms with E-state index in [9.17, 15) is 0 Å². The van der Waals surface area contributed by atoms with E-state index in [4.69, 9.17) is 4.74 Å². The Bertz CT molecular complexity index is 256. The zero-order valence-electron chi connectivity index (χ0n) is 8.79. The molecule has 0 fully saturated rings. The Kier molecular flexibility index (Phi) is 5.20. The van der Waals surface area contributed by atoms with Crippen LogP contribution in [0.5, 0.6) is 0 Å². The second-order valence-corrected chi connectivity index (χ2v) is 3.97. The Balaban J connectivity index is 2.59. The minimum Gasteiger partial charge on any atom is -0.366 e. The summed E-state index contributed by atoms with van der Waals surface area (Å²) in [5.74, 6) is 0.654. The predicted octanol–water partition coefficient (Wildman–Crippen LogP) is 4.07. The van der Waals surface area contributed by atoms with Crippen molar-refractivity contribution in [3.8, 4) is 0 Å². The standard InChI is InChI=1S/C12H17BrO/c1-3-10(2)12-6-4-11(5-7-12)8-14-9-13/h4-7,10H,3,8-9H2,1-2H3. The van der Waals surface area contributed by atoms with Gasteiger partial charge in [0.25, 0.3) is 0 Å². The fourth-order valence-electron chi connectivity index (χ4n) is 1.33. The van der Waals surface area contributed by atoms with Crippen molar-refractivity contribution < 1.29 is 4.74 Å². The molecule has 0 heterocycles. The van der Waals surface area contributed by atoms with Gasteiger partial charge in [-0.3, -0.25) is 0 Å². The first-order chi connectivity index (χ1) is 6.77. The smallest absolute Gasteiger partial charge is 0.102 e. The molecule has 0 bridgehead atoms. The molecule has 1 nitrogen and oxygen atoms in total.